The normalized spacial score (nSPS) is 14.6. The highest BCUT2D eigenvalue weighted by molar-refractivity contribution is 6.09. The summed E-state index contributed by atoms with van der Waals surface area (Å²) in [5, 5.41) is 11.8. The number of carbonyl (C=O) groups excluding carboxylic acids is 4. The fourth-order valence-corrected chi connectivity index (χ4v) is 8.06. The Morgan fingerprint density at radius 1 is 0.806 bits per heavy atom. The molecule has 67 heavy (non-hydrogen) atoms. The predicted octanol–water partition coefficient (Wildman–Crippen LogP) is 5.52. The number of anilines is 5. The third kappa shape index (κ3) is 12.5. The van der Waals surface area contributed by atoms with Crippen LogP contribution in [-0.2, 0) is 25.2 Å². The number of piperazine rings is 1. The van der Waals surface area contributed by atoms with Crippen LogP contribution in [0, 0.1) is 6.92 Å². The number of Topliss-reactive ketones (excluding diaryl/α,β-unsaturated/α-hetero) is 1. The summed E-state index contributed by atoms with van der Waals surface area (Å²) in [6.45, 7) is 7.35. The van der Waals surface area contributed by atoms with E-state index in [9.17, 15) is 37.1 Å². The second kappa shape index (κ2) is 22.1. The Kier molecular flexibility index (Phi) is 15.9. The van der Waals surface area contributed by atoms with Crippen molar-refractivity contribution in [1.29, 1.82) is 0 Å². The summed E-state index contributed by atoms with van der Waals surface area (Å²) >= 11 is 0. The number of fused-ring (bicyclic) bond motifs is 1. The van der Waals surface area contributed by atoms with Crippen LogP contribution in [-0.4, -0.2) is 119 Å². The molecular formula is C46H52F3N11O7. The Labute approximate surface area is 383 Å². The predicted molar refractivity (Wildman–Crippen MR) is 244 cm³/mol. The van der Waals surface area contributed by atoms with Crippen molar-refractivity contribution < 1.29 is 41.8 Å². The van der Waals surface area contributed by atoms with Crippen LogP contribution in [0.2, 0.25) is 0 Å². The van der Waals surface area contributed by atoms with Crippen molar-refractivity contribution >= 4 is 63.5 Å². The van der Waals surface area contributed by atoms with Crippen molar-refractivity contribution in [3.05, 3.63) is 99.7 Å². The van der Waals surface area contributed by atoms with E-state index < -0.39 is 23.6 Å². The monoisotopic (exact) mass is 927 g/mol. The first-order chi connectivity index (χ1) is 32.2. The number of ketones is 1. The zero-order valence-corrected chi connectivity index (χ0v) is 37.2. The molecule has 7 rings (SSSR count). The minimum Gasteiger partial charge on any atom is -0.379 e. The molecule has 18 nitrogen and oxygen atoms in total. The quantitative estimate of drug-likeness (QED) is 0.0593. The summed E-state index contributed by atoms with van der Waals surface area (Å²) in [7, 11) is 0. The number of benzene rings is 1. The standard InChI is InChI=1S/C46H52F3N11O7/c1-29-35-27-53-45(57-42(35)60(32-7-3-4-8-32)44(65)41(29)30(2)61)56-38-14-12-33(26-52-38)59-19-17-58(18-20-59)28-40(63)50-16-22-67-24-23-66-21-15-39(62)54-36-10-6-5-9-34(36)43(64)55-37-13-11-31(25-51-37)46(47,48)49/h5-6,9-14,25-27,32H,3-4,7-8,15-24,28H2,1-2H3,(H,50,63)(H,54,62)(H,51,55,64)(H,52,53,56,57). The largest absolute Gasteiger partial charge is 0.417 e. The number of para-hydroxylation sites is 1. The molecule has 0 radical (unpaired) electrons. The second-order valence-corrected chi connectivity index (χ2v) is 16.2. The van der Waals surface area contributed by atoms with Gasteiger partial charge in [0.2, 0.25) is 17.8 Å². The summed E-state index contributed by atoms with van der Waals surface area (Å²) < 4.78 is 51.2. The van der Waals surface area contributed by atoms with Crippen LogP contribution in [0.5, 0.6) is 0 Å². The third-order valence-electron chi connectivity index (χ3n) is 11.5. The van der Waals surface area contributed by atoms with E-state index in [4.69, 9.17) is 14.5 Å². The van der Waals surface area contributed by atoms with Gasteiger partial charge in [0.1, 0.15) is 17.3 Å². The van der Waals surface area contributed by atoms with E-state index in [1.165, 1.54) is 19.1 Å². The molecule has 0 atom stereocenters. The Morgan fingerprint density at radius 3 is 2.21 bits per heavy atom. The van der Waals surface area contributed by atoms with Gasteiger partial charge in [-0.2, -0.15) is 18.2 Å². The van der Waals surface area contributed by atoms with Crippen LogP contribution < -0.4 is 31.7 Å². The van der Waals surface area contributed by atoms with Crippen LogP contribution in [0.3, 0.4) is 0 Å². The van der Waals surface area contributed by atoms with Crippen molar-refractivity contribution in [3.63, 3.8) is 0 Å². The number of rotatable bonds is 19. The highest BCUT2D eigenvalue weighted by atomic mass is 19.4. The molecule has 1 saturated carbocycles. The van der Waals surface area contributed by atoms with E-state index in [-0.39, 0.29) is 85.3 Å². The number of halogens is 3. The van der Waals surface area contributed by atoms with Gasteiger partial charge in [-0.15, -0.1) is 0 Å². The molecule has 1 aromatic carbocycles. The van der Waals surface area contributed by atoms with Gasteiger partial charge in [0, 0.05) is 56.5 Å². The minimum absolute atomic E-state index is 0.0110. The Bertz CT molecular complexity index is 2610. The van der Waals surface area contributed by atoms with Gasteiger partial charge in [0.05, 0.1) is 73.7 Å². The lowest BCUT2D eigenvalue weighted by atomic mass is 10.0. The lowest BCUT2D eigenvalue weighted by Gasteiger charge is -2.35. The number of nitrogens with one attached hydrogen (secondary N) is 4. The molecule has 3 amide bonds. The van der Waals surface area contributed by atoms with Crippen LogP contribution >= 0.6 is 0 Å². The number of aromatic nitrogens is 5. The summed E-state index contributed by atoms with van der Waals surface area (Å²) in [4.78, 5) is 85.8. The van der Waals surface area contributed by atoms with Gasteiger partial charge in [0.25, 0.3) is 11.5 Å². The molecule has 4 aromatic heterocycles. The molecule has 1 aliphatic heterocycles. The lowest BCUT2D eigenvalue weighted by molar-refractivity contribution is -0.137. The zero-order chi connectivity index (χ0) is 47.5. The molecule has 0 bridgehead atoms. The number of hydrogen-bond acceptors (Lipinski definition) is 14. The van der Waals surface area contributed by atoms with E-state index in [0.717, 1.165) is 43.5 Å². The van der Waals surface area contributed by atoms with Crippen LogP contribution in [0.1, 0.15) is 76.9 Å². The molecule has 5 heterocycles. The van der Waals surface area contributed by atoms with E-state index in [2.05, 4.69) is 46.0 Å². The van der Waals surface area contributed by atoms with Crippen molar-refractivity contribution in [3.8, 4) is 0 Å². The Hall–Kier alpha value is -6.84. The van der Waals surface area contributed by atoms with Gasteiger partial charge in [0.15, 0.2) is 5.78 Å². The number of amides is 3. The lowest BCUT2D eigenvalue weighted by Crippen LogP contribution is -2.49. The molecule has 1 aliphatic carbocycles. The highest BCUT2D eigenvalue weighted by Crippen LogP contribution is 2.32. The Morgan fingerprint density at radius 2 is 1.52 bits per heavy atom. The number of alkyl halides is 3. The van der Waals surface area contributed by atoms with Crippen molar-refractivity contribution in [2.45, 2.75) is 58.2 Å². The number of nitrogens with zero attached hydrogens (tertiary/aromatic N) is 7. The molecular weight excluding hydrogens is 876 g/mol. The molecule has 21 heteroatoms. The summed E-state index contributed by atoms with van der Waals surface area (Å²) in [5.41, 5.74) is 1.28. The Balaban J connectivity index is 0.758. The molecule has 2 aliphatic rings. The minimum atomic E-state index is -4.56. The molecule has 5 aromatic rings. The molecule has 4 N–H and O–H groups in total. The van der Waals surface area contributed by atoms with Crippen molar-refractivity contribution in [2.75, 3.05) is 86.5 Å². The summed E-state index contributed by atoms with van der Waals surface area (Å²) in [6, 6.07) is 11.8. The molecule has 354 valence electrons. The van der Waals surface area contributed by atoms with Crippen molar-refractivity contribution in [1.82, 2.24) is 34.7 Å². The molecule has 2 fully saturated rings. The maximum absolute atomic E-state index is 13.6. The van der Waals surface area contributed by atoms with Gasteiger partial charge < -0.3 is 35.6 Å². The number of aryl methyl sites for hydroxylation is 1. The average Bonchev–Trinajstić information content (AvgIpc) is 3.83. The van der Waals surface area contributed by atoms with E-state index in [0.29, 0.717) is 67.3 Å². The van der Waals surface area contributed by atoms with Crippen LogP contribution in [0.4, 0.5) is 42.1 Å². The number of ether oxygens (including phenoxy) is 2. The SMILES string of the molecule is CC(=O)c1c(C)c2cnc(Nc3ccc(N4CCN(CC(=O)NCCOCCOCCC(=O)Nc5ccccc5C(=O)Nc5ccc(C(F)(F)F)cn5)CC4)cn3)nc2n(C2CCCC2)c1=O. The zero-order valence-electron chi connectivity index (χ0n) is 37.2. The third-order valence-corrected chi connectivity index (χ3v) is 11.5. The van der Waals surface area contributed by atoms with Gasteiger partial charge in [-0.05, 0) is 68.7 Å². The van der Waals surface area contributed by atoms with Gasteiger partial charge >= 0.3 is 6.18 Å². The van der Waals surface area contributed by atoms with Crippen LogP contribution in [0.15, 0.2) is 71.9 Å². The fourth-order valence-electron chi connectivity index (χ4n) is 8.06. The van der Waals surface area contributed by atoms with Crippen molar-refractivity contribution in [2.24, 2.45) is 0 Å². The van der Waals surface area contributed by atoms with E-state index >= 15 is 0 Å². The maximum atomic E-state index is 13.6. The summed E-state index contributed by atoms with van der Waals surface area (Å²) in [6.07, 6.45) is 3.22. The van der Waals surface area contributed by atoms with E-state index in [1.54, 1.807) is 36.0 Å². The summed E-state index contributed by atoms with van der Waals surface area (Å²) in [5.74, 6) is -0.698. The topological polar surface area (TPSA) is 215 Å². The van der Waals surface area contributed by atoms with Gasteiger partial charge in [-0.3, -0.25) is 33.4 Å². The highest BCUT2D eigenvalue weighted by Gasteiger charge is 2.31. The molecule has 0 spiro atoms. The average molecular weight is 928 g/mol. The number of carbonyl (C=O) groups is 4. The van der Waals surface area contributed by atoms with Gasteiger partial charge in [-0.25, -0.2) is 15.0 Å². The smallest absolute Gasteiger partial charge is 0.379 e. The van der Waals surface area contributed by atoms with E-state index in [1.807, 2.05) is 12.1 Å². The number of pyridine rings is 3. The first-order valence-electron chi connectivity index (χ1n) is 22.0. The first kappa shape index (κ1) is 48.1. The maximum Gasteiger partial charge on any atom is 0.417 e. The number of hydrogen-bond donors (Lipinski definition) is 4. The van der Waals surface area contributed by atoms with Crippen LogP contribution in [0.25, 0.3) is 11.0 Å². The molecule has 1 saturated heterocycles. The van der Waals surface area contributed by atoms with Gasteiger partial charge in [-0.1, -0.05) is 25.0 Å². The molecule has 0 unspecified atom stereocenters. The first-order valence-corrected chi connectivity index (χ1v) is 22.0. The second-order valence-electron chi connectivity index (χ2n) is 16.2. The fraction of sp³-hybridized carbons (Fsp3) is 0.413.